The molecule has 0 aromatic heterocycles. The molecule has 100 valence electrons. The van der Waals surface area contributed by atoms with Crippen molar-refractivity contribution in [1.82, 2.24) is 0 Å². The molecule has 0 radical (unpaired) electrons. The Hall–Kier alpha value is -1.49. The molecule has 0 unspecified atom stereocenters. The number of nitrogens with two attached hydrogens (primary N) is 1. The standard InChI is InChI=1S/C13H17F2NO2/c1-4-18-12(17)13(14,15)11(16)10-7-8(2)5-6-9(10)3/h5-7,11H,4,16H2,1-3H3/t11-/m1/s1. The normalized spacial score (nSPS) is 13.2. The number of rotatable bonds is 4. The Kier molecular flexibility index (Phi) is 4.40. The van der Waals surface area contributed by atoms with E-state index < -0.39 is 17.9 Å². The Morgan fingerprint density at radius 2 is 2.06 bits per heavy atom. The van der Waals surface area contributed by atoms with Crippen LogP contribution in [0.3, 0.4) is 0 Å². The van der Waals surface area contributed by atoms with Crippen LogP contribution in [0.25, 0.3) is 0 Å². The van der Waals surface area contributed by atoms with Crippen LogP contribution in [0, 0.1) is 13.8 Å². The highest BCUT2D eigenvalue weighted by molar-refractivity contribution is 5.79. The van der Waals surface area contributed by atoms with Crippen molar-refractivity contribution in [3.05, 3.63) is 34.9 Å². The van der Waals surface area contributed by atoms with Crippen LogP contribution in [0.15, 0.2) is 18.2 Å². The molecular weight excluding hydrogens is 240 g/mol. The number of ether oxygens (including phenoxy) is 1. The predicted octanol–water partition coefficient (Wildman–Crippen LogP) is 2.50. The summed E-state index contributed by atoms with van der Waals surface area (Å²) in [7, 11) is 0. The van der Waals surface area contributed by atoms with Crippen LogP contribution in [0.5, 0.6) is 0 Å². The molecule has 0 aliphatic carbocycles. The van der Waals surface area contributed by atoms with Gasteiger partial charge in [0.25, 0.3) is 0 Å². The summed E-state index contributed by atoms with van der Waals surface area (Å²) >= 11 is 0. The zero-order valence-electron chi connectivity index (χ0n) is 10.7. The number of hydrogen-bond acceptors (Lipinski definition) is 3. The largest absolute Gasteiger partial charge is 0.462 e. The monoisotopic (exact) mass is 257 g/mol. The number of aryl methyl sites for hydroxylation is 2. The second-order valence-corrected chi connectivity index (χ2v) is 4.18. The predicted molar refractivity (Wildman–Crippen MR) is 64.4 cm³/mol. The van der Waals surface area contributed by atoms with E-state index in [0.717, 1.165) is 5.56 Å². The third kappa shape index (κ3) is 2.85. The number of benzene rings is 1. The minimum Gasteiger partial charge on any atom is -0.462 e. The molecule has 0 heterocycles. The first-order chi connectivity index (χ1) is 8.30. The molecule has 0 saturated carbocycles. The molecule has 0 aliphatic rings. The van der Waals surface area contributed by atoms with E-state index in [1.54, 1.807) is 32.0 Å². The Morgan fingerprint density at radius 1 is 1.44 bits per heavy atom. The van der Waals surface area contributed by atoms with Crippen LogP contribution >= 0.6 is 0 Å². The third-order valence-electron chi connectivity index (χ3n) is 2.71. The van der Waals surface area contributed by atoms with E-state index in [0.29, 0.717) is 5.56 Å². The summed E-state index contributed by atoms with van der Waals surface area (Å²) in [5, 5.41) is 0. The first kappa shape index (κ1) is 14.6. The zero-order chi connectivity index (χ0) is 13.9. The zero-order valence-corrected chi connectivity index (χ0v) is 10.7. The second kappa shape index (κ2) is 5.44. The molecule has 2 N–H and O–H groups in total. The fraction of sp³-hybridized carbons (Fsp3) is 0.462. The van der Waals surface area contributed by atoms with Crippen molar-refractivity contribution in [3.63, 3.8) is 0 Å². The minimum absolute atomic E-state index is 0.103. The number of carbonyl (C=O) groups excluding carboxylic acids is 1. The lowest BCUT2D eigenvalue weighted by atomic mass is 9.95. The van der Waals surface area contributed by atoms with E-state index >= 15 is 0 Å². The van der Waals surface area contributed by atoms with Gasteiger partial charge in [0, 0.05) is 0 Å². The van der Waals surface area contributed by atoms with Gasteiger partial charge < -0.3 is 10.5 Å². The van der Waals surface area contributed by atoms with E-state index in [-0.39, 0.29) is 12.2 Å². The molecule has 5 heteroatoms. The Labute approximate surface area is 105 Å². The number of carbonyl (C=O) groups is 1. The fourth-order valence-electron chi connectivity index (χ4n) is 1.64. The van der Waals surface area contributed by atoms with E-state index in [1.807, 2.05) is 0 Å². The average Bonchev–Trinajstić information content (AvgIpc) is 2.31. The molecular formula is C13H17F2NO2. The van der Waals surface area contributed by atoms with Gasteiger partial charge in [-0.05, 0) is 31.9 Å². The maximum absolute atomic E-state index is 13.8. The molecule has 3 nitrogen and oxygen atoms in total. The summed E-state index contributed by atoms with van der Waals surface area (Å²) in [6.07, 6.45) is 0. The highest BCUT2D eigenvalue weighted by atomic mass is 19.3. The molecule has 0 amide bonds. The summed E-state index contributed by atoms with van der Waals surface area (Å²) in [6, 6.07) is 3.36. The van der Waals surface area contributed by atoms with Crippen LogP contribution in [-0.2, 0) is 9.53 Å². The molecule has 0 spiro atoms. The van der Waals surface area contributed by atoms with Gasteiger partial charge in [-0.2, -0.15) is 8.78 Å². The molecule has 1 aromatic rings. The molecule has 0 saturated heterocycles. The minimum atomic E-state index is -3.73. The highest BCUT2D eigenvalue weighted by Gasteiger charge is 2.48. The van der Waals surface area contributed by atoms with Gasteiger partial charge in [-0.3, -0.25) is 0 Å². The number of halogens is 2. The van der Waals surface area contributed by atoms with Crippen LogP contribution in [0.1, 0.15) is 29.7 Å². The van der Waals surface area contributed by atoms with Gasteiger partial charge in [0.05, 0.1) is 6.61 Å². The van der Waals surface area contributed by atoms with Crippen molar-refractivity contribution < 1.29 is 18.3 Å². The van der Waals surface area contributed by atoms with Gasteiger partial charge in [-0.15, -0.1) is 0 Å². The topological polar surface area (TPSA) is 52.3 Å². The summed E-state index contributed by atoms with van der Waals surface area (Å²) in [6.45, 7) is 4.82. The first-order valence-corrected chi connectivity index (χ1v) is 5.68. The Balaban J connectivity index is 3.08. The van der Waals surface area contributed by atoms with E-state index in [9.17, 15) is 13.6 Å². The van der Waals surface area contributed by atoms with E-state index in [1.165, 1.54) is 6.92 Å². The molecule has 0 bridgehead atoms. The van der Waals surface area contributed by atoms with Crippen LogP contribution in [0.2, 0.25) is 0 Å². The van der Waals surface area contributed by atoms with Gasteiger partial charge >= 0.3 is 11.9 Å². The lowest BCUT2D eigenvalue weighted by Gasteiger charge is -2.23. The van der Waals surface area contributed by atoms with Crippen molar-refractivity contribution in [2.24, 2.45) is 5.73 Å². The lowest BCUT2D eigenvalue weighted by Crippen LogP contribution is -2.42. The number of alkyl halides is 2. The second-order valence-electron chi connectivity index (χ2n) is 4.18. The van der Waals surface area contributed by atoms with Gasteiger partial charge in [-0.1, -0.05) is 23.8 Å². The molecule has 18 heavy (non-hydrogen) atoms. The van der Waals surface area contributed by atoms with E-state index in [2.05, 4.69) is 4.74 Å². The summed E-state index contributed by atoms with van der Waals surface area (Å²) < 4.78 is 31.9. The quantitative estimate of drug-likeness (QED) is 0.843. The first-order valence-electron chi connectivity index (χ1n) is 5.68. The van der Waals surface area contributed by atoms with E-state index in [4.69, 9.17) is 5.73 Å². The van der Waals surface area contributed by atoms with Crippen LogP contribution < -0.4 is 5.73 Å². The Bertz CT molecular complexity index is 447. The smallest absolute Gasteiger partial charge is 0.379 e. The summed E-state index contributed by atoms with van der Waals surface area (Å²) in [4.78, 5) is 11.2. The number of hydrogen-bond donors (Lipinski definition) is 1. The van der Waals surface area contributed by atoms with Crippen molar-refractivity contribution in [2.45, 2.75) is 32.7 Å². The Morgan fingerprint density at radius 3 is 2.61 bits per heavy atom. The van der Waals surface area contributed by atoms with Crippen molar-refractivity contribution in [2.75, 3.05) is 6.61 Å². The summed E-state index contributed by atoms with van der Waals surface area (Å²) in [5.41, 5.74) is 7.21. The molecule has 0 aliphatic heterocycles. The molecule has 1 aromatic carbocycles. The average molecular weight is 257 g/mol. The van der Waals surface area contributed by atoms with Crippen molar-refractivity contribution in [3.8, 4) is 0 Å². The number of esters is 1. The van der Waals surface area contributed by atoms with Gasteiger partial charge in [0.15, 0.2) is 0 Å². The highest BCUT2D eigenvalue weighted by Crippen LogP contribution is 2.32. The third-order valence-corrected chi connectivity index (χ3v) is 2.71. The molecule has 1 rings (SSSR count). The maximum Gasteiger partial charge on any atom is 0.379 e. The van der Waals surface area contributed by atoms with Gasteiger partial charge in [0.2, 0.25) is 0 Å². The lowest BCUT2D eigenvalue weighted by molar-refractivity contribution is -0.174. The fourth-order valence-corrected chi connectivity index (χ4v) is 1.64. The van der Waals surface area contributed by atoms with Crippen LogP contribution in [-0.4, -0.2) is 18.5 Å². The molecule has 0 fully saturated rings. The SMILES string of the molecule is CCOC(=O)C(F)(F)[C@H](N)c1cc(C)ccc1C. The maximum atomic E-state index is 13.8. The van der Waals surface area contributed by atoms with Crippen molar-refractivity contribution in [1.29, 1.82) is 0 Å². The van der Waals surface area contributed by atoms with Gasteiger partial charge in [-0.25, -0.2) is 4.79 Å². The summed E-state index contributed by atoms with van der Waals surface area (Å²) in [5.74, 6) is -5.31. The van der Waals surface area contributed by atoms with Crippen LogP contribution in [0.4, 0.5) is 8.78 Å². The van der Waals surface area contributed by atoms with Gasteiger partial charge in [0.1, 0.15) is 6.04 Å². The van der Waals surface area contributed by atoms with Crippen molar-refractivity contribution >= 4 is 5.97 Å². The molecule has 1 atom stereocenters.